The number of hydrogen-bond donors (Lipinski definition) is 0. The smallest absolute Gasteiger partial charge is 0.326 e. The second kappa shape index (κ2) is 8.06. The lowest BCUT2D eigenvalue weighted by Gasteiger charge is -2.06. The van der Waals surface area contributed by atoms with Gasteiger partial charge in [-0.1, -0.05) is 29.0 Å². The van der Waals surface area contributed by atoms with Crippen LogP contribution in [0.2, 0.25) is 5.02 Å². The molecule has 0 saturated heterocycles. The standard InChI is InChI=1S/C19H19ClN2O4S2/c1-4-26-17(23)11-22-16-10-12(2)9-13(3)18(16)27-19(22)21-28(24,25)15-7-5-14(20)6-8-15/h5-10H,4,11H2,1-3H3. The SMILES string of the molecule is CCOC(=O)Cn1c(=NS(=O)(=O)c2ccc(Cl)cc2)sc2c(C)cc(C)cc21. The molecule has 2 aromatic carbocycles. The third-order valence-corrected chi connectivity index (χ3v) is 6.89. The first-order valence-corrected chi connectivity index (χ1v) is 11.2. The van der Waals surface area contributed by atoms with Gasteiger partial charge in [0.05, 0.1) is 21.7 Å². The highest BCUT2D eigenvalue weighted by Gasteiger charge is 2.17. The molecule has 9 heteroatoms. The lowest BCUT2D eigenvalue weighted by Crippen LogP contribution is -2.23. The van der Waals surface area contributed by atoms with Crippen molar-refractivity contribution in [2.24, 2.45) is 4.40 Å². The van der Waals surface area contributed by atoms with Crippen LogP contribution in [0, 0.1) is 13.8 Å². The summed E-state index contributed by atoms with van der Waals surface area (Å²) in [6.07, 6.45) is 0. The molecule has 0 bridgehead atoms. The molecule has 1 aromatic heterocycles. The van der Waals surface area contributed by atoms with Crippen LogP contribution >= 0.6 is 22.9 Å². The molecule has 148 valence electrons. The predicted molar refractivity (Wildman–Crippen MR) is 110 cm³/mol. The Morgan fingerprint density at radius 1 is 1.21 bits per heavy atom. The molecular weight excluding hydrogens is 420 g/mol. The normalized spacial score (nSPS) is 12.5. The van der Waals surface area contributed by atoms with Crippen LogP contribution in [0.5, 0.6) is 0 Å². The Labute approximate surface area is 172 Å². The summed E-state index contributed by atoms with van der Waals surface area (Å²) in [7, 11) is -3.97. The first-order chi connectivity index (χ1) is 13.2. The summed E-state index contributed by atoms with van der Waals surface area (Å²) in [5, 5.41) is 0.435. The number of aryl methyl sites for hydroxylation is 2. The third kappa shape index (κ3) is 4.29. The molecule has 0 amide bonds. The van der Waals surface area contributed by atoms with Gasteiger partial charge in [-0.3, -0.25) is 4.79 Å². The second-order valence-corrected chi connectivity index (χ2v) is 9.24. The lowest BCUT2D eigenvalue weighted by atomic mass is 10.1. The molecule has 6 nitrogen and oxygen atoms in total. The summed E-state index contributed by atoms with van der Waals surface area (Å²) in [5.41, 5.74) is 2.75. The Balaban J connectivity index is 2.24. The Kier molecular flexibility index (Phi) is 5.92. The van der Waals surface area contributed by atoms with E-state index in [9.17, 15) is 13.2 Å². The van der Waals surface area contributed by atoms with E-state index < -0.39 is 16.0 Å². The fourth-order valence-electron chi connectivity index (χ4n) is 2.83. The van der Waals surface area contributed by atoms with Gasteiger partial charge in [0.15, 0.2) is 0 Å². The maximum atomic E-state index is 12.8. The summed E-state index contributed by atoms with van der Waals surface area (Å²) in [6, 6.07) is 9.71. The molecule has 0 aliphatic rings. The van der Waals surface area contributed by atoms with Crippen molar-refractivity contribution in [2.75, 3.05) is 6.61 Å². The third-order valence-electron chi connectivity index (χ3n) is 4.02. The average molecular weight is 439 g/mol. The van der Waals surface area contributed by atoms with E-state index in [0.717, 1.165) is 21.3 Å². The van der Waals surface area contributed by atoms with E-state index in [1.165, 1.54) is 35.6 Å². The molecule has 0 aliphatic heterocycles. The van der Waals surface area contributed by atoms with Crippen LogP contribution in [0.4, 0.5) is 0 Å². The van der Waals surface area contributed by atoms with Gasteiger partial charge in [0, 0.05) is 5.02 Å². The van der Waals surface area contributed by atoms with E-state index in [0.29, 0.717) is 5.02 Å². The van der Waals surface area contributed by atoms with Crippen molar-refractivity contribution in [3.63, 3.8) is 0 Å². The number of aromatic nitrogens is 1. The minimum Gasteiger partial charge on any atom is -0.465 e. The van der Waals surface area contributed by atoms with Gasteiger partial charge in [-0.25, -0.2) is 0 Å². The zero-order valence-electron chi connectivity index (χ0n) is 15.6. The monoisotopic (exact) mass is 438 g/mol. The fourth-order valence-corrected chi connectivity index (χ4v) is 5.24. The molecule has 0 atom stereocenters. The van der Waals surface area contributed by atoms with Crippen LogP contribution in [0.3, 0.4) is 0 Å². The number of ether oxygens (including phenoxy) is 1. The van der Waals surface area contributed by atoms with Gasteiger partial charge in [-0.2, -0.15) is 8.42 Å². The van der Waals surface area contributed by atoms with E-state index in [-0.39, 0.29) is 22.8 Å². The van der Waals surface area contributed by atoms with E-state index in [2.05, 4.69) is 4.40 Å². The number of fused-ring (bicyclic) bond motifs is 1. The van der Waals surface area contributed by atoms with E-state index in [1.54, 1.807) is 11.5 Å². The van der Waals surface area contributed by atoms with Crippen LogP contribution in [0.1, 0.15) is 18.1 Å². The molecular formula is C19H19ClN2O4S2. The summed E-state index contributed by atoms with van der Waals surface area (Å²) in [5.74, 6) is -0.452. The molecule has 0 aliphatic carbocycles. The maximum Gasteiger partial charge on any atom is 0.326 e. The largest absolute Gasteiger partial charge is 0.465 e. The van der Waals surface area contributed by atoms with Gasteiger partial charge in [0.25, 0.3) is 10.0 Å². The second-order valence-electron chi connectivity index (χ2n) is 6.23. The molecule has 0 saturated carbocycles. The number of carbonyl (C=O) groups excluding carboxylic acids is 1. The summed E-state index contributed by atoms with van der Waals surface area (Å²) < 4.78 is 37.1. The highest BCUT2D eigenvalue weighted by molar-refractivity contribution is 7.90. The molecule has 0 radical (unpaired) electrons. The van der Waals surface area contributed by atoms with Crippen molar-refractivity contribution in [2.45, 2.75) is 32.2 Å². The highest BCUT2D eigenvalue weighted by atomic mass is 35.5. The number of esters is 1. The zero-order valence-corrected chi connectivity index (χ0v) is 18.0. The van der Waals surface area contributed by atoms with Crippen LogP contribution in [0.25, 0.3) is 10.2 Å². The number of halogens is 1. The Hall–Kier alpha value is -2.16. The molecule has 0 unspecified atom stereocenters. The van der Waals surface area contributed by atoms with E-state index >= 15 is 0 Å². The van der Waals surface area contributed by atoms with Crippen molar-refractivity contribution in [1.82, 2.24) is 4.57 Å². The van der Waals surface area contributed by atoms with E-state index in [4.69, 9.17) is 16.3 Å². The molecule has 3 rings (SSSR count). The van der Waals surface area contributed by atoms with Crippen LogP contribution in [-0.2, 0) is 26.1 Å². The Morgan fingerprint density at radius 2 is 1.89 bits per heavy atom. The molecule has 28 heavy (non-hydrogen) atoms. The van der Waals surface area contributed by atoms with Gasteiger partial charge < -0.3 is 9.30 Å². The predicted octanol–water partition coefficient (Wildman–Crippen LogP) is 3.83. The topological polar surface area (TPSA) is 77.7 Å². The average Bonchev–Trinajstić information content (AvgIpc) is 2.93. The highest BCUT2D eigenvalue weighted by Crippen LogP contribution is 2.24. The number of carbonyl (C=O) groups is 1. The number of thiazole rings is 1. The zero-order chi connectivity index (χ0) is 20.5. The first-order valence-electron chi connectivity index (χ1n) is 8.54. The number of nitrogens with zero attached hydrogens (tertiary/aromatic N) is 2. The van der Waals surface area contributed by atoms with Gasteiger partial charge in [-0.15, -0.1) is 4.40 Å². The molecule has 0 N–H and O–H groups in total. The first kappa shape index (κ1) is 20.6. The minimum absolute atomic E-state index is 0.0324. The van der Waals surface area contributed by atoms with Crippen LogP contribution in [0.15, 0.2) is 45.7 Å². The quantitative estimate of drug-likeness (QED) is 0.567. The van der Waals surface area contributed by atoms with Crippen LogP contribution in [-0.4, -0.2) is 25.6 Å². The van der Waals surface area contributed by atoms with Crippen molar-refractivity contribution in [1.29, 1.82) is 0 Å². The van der Waals surface area contributed by atoms with Crippen molar-refractivity contribution < 1.29 is 17.9 Å². The van der Waals surface area contributed by atoms with Crippen molar-refractivity contribution in [3.05, 3.63) is 57.3 Å². The summed E-state index contributed by atoms with van der Waals surface area (Å²) >= 11 is 7.07. The Morgan fingerprint density at radius 3 is 2.54 bits per heavy atom. The molecule has 1 heterocycles. The summed E-state index contributed by atoms with van der Waals surface area (Å²) in [6.45, 7) is 5.73. The Bertz CT molecular complexity index is 1210. The maximum absolute atomic E-state index is 12.8. The van der Waals surface area contributed by atoms with Crippen LogP contribution < -0.4 is 4.80 Å². The number of benzene rings is 2. The fraction of sp³-hybridized carbons (Fsp3) is 0.263. The van der Waals surface area contributed by atoms with Gasteiger partial charge >= 0.3 is 5.97 Å². The van der Waals surface area contributed by atoms with Gasteiger partial charge in [0.2, 0.25) is 4.80 Å². The molecule has 0 fully saturated rings. The van der Waals surface area contributed by atoms with Crippen molar-refractivity contribution in [3.8, 4) is 0 Å². The van der Waals surface area contributed by atoms with E-state index in [1.807, 2.05) is 26.0 Å². The van der Waals surface area contributed by atoms with Gasteiger partial charge in [0.1, 0.15) is 6.54 Å². The minimum atomic E-state index is -3.97. The number of hydrogen-bond acceptors (Lipinski definition) is 5. The number of rotatable bonds is 5. The van der Waals surface area contributed by atoms with Crippen molar-refractivity contribution >= 4 is 49.1 Å². The lowest BCUT2D eigenvalue weighted by molar-refractivity contribution is -0.143. The van der Waals surface area contributed by atoms with Gasteiger partial charge in [-0.05, 0) is 62.2 Å². The summed E-state index contributed by atoms with van der Waals surface area (Å²) in [4.78, 5) is 12.4. The number of sulfonamides is 1. The molecule has 3 aromatic rings. The molecule has 0 spiro atoms.